The van der Waals surface area contributed by atoms with Gasteiger partial charge in [-0.3, -0.25) is 0 Å². The van der Waals surface area contributed by atoms with E-state index in [0.29, 0.717) is 5.02 Å². The Morgan fingerprint density at radius 1 is 1.48 bits per heavy atom. The van der Waals surface area contributed by atoms with Gasteiger partial charge in [0.1, 0.15) is 11.9 Å². The normalized spacial score (nSPS) is 25.4. The molecule has 2 aliphatic rings. The summed E-state index contributed by atoms with van der Waals surface area (Å²) in [6, 6.07) is 6.01. The predicted molar refractivity (Wildman–Crippen MR) is 85.0 cm³/mol. The van der Waals surface area contributed by atoms with Gasteiger partial charge in [-0.1, -0.05) is 23.7 Å². The summed E-state index contributed by atoms with van der Waals surface area (Å²) in [6.45, 7) is 2.79. The molecule has 2 atom stereocenters. The standard InChI is InChI=1S/C17H24ClNO2/c1-12(19)10-13-4-2-5-15(18)16(13)21-14-6-9-20-17(11-14)7-3-8-17/h2,4-5,12,14H,3,6-11,19H2,1H3. The Hall–Kier alpha value is -0.770. The van der Waals surface area contributed by atoms with Crippen molar-refractivity contribution in [2.45, 2.75) is 63.2 Å². The second kappa shape index (κ2) is 6.15. The summed E-state index contributed by atoms with van der Waals surface area (Å²) in [7, 11) is 0. The largest absolute Gasteiger partial charge is 0.488 e. The minimum Gasteiger partial charge on any atom is -0.488 e. The smallest absolute Gasteiger partial charge is 0.141 e. The van der Waals surface area contributed by atoms with Crippen LogP contribution in [-0.4, -0.2) is 24.4 Å². The summed E-state index contributed by atoms with van der Waals surface area (Å²) < 4.78 is 12.2. The molecular formula is C17H24ClNO2. The molecule has 3 nitrogen and oxygen atoms in total. The van der Waals surface area contributed by atoms with Crippen LogP contribution in [0.1, 0.15) is 44.6 Å². The number of benzene rings is 1. The Morgan fingerprint density at radius 2 is 2.29 bits per heavy atom. The van der Waals surface area contributed by atoms with E-state index in [1.165, 1.54) is 19.3 Å². The number of para-hydroxylation sites is 1. The Kier molecular flexibility index (Phi) is 4.43. The molecule has 0 radical (unpaired) electrons. The molecule has 1 aromatic carbocycles. The molecule has 21 heavy (non-hydrogen) atoms. The Bertz CT molecular complexity index is 500. The van der Waals surface area contributed by atoms with E-state index >= 15 is 0 Å². The number of hydrogen-bond donors (Lipinski definition) is 1. The predicted octanol–water partition coefficient (Wildman–Crippen LogP) is 3.71. The lowest BCUT2D eigenvalue weighted by Gasteiger charge is -2.47. The van der Waals surface area contributed by atoms with Gasteiger partial charge in [-0.15, -0.1) is 0 Å². The highest BCUT2D eigenvalue weighted by atomic mass is 35.5. The van der Waals surface area contributed by atoms with E-state index < -0.39 is 0 Å². The van der Waals surface area contributed by atoms with Crippen LogP contribution in [0, 0.1) is 0 Å². The monoisotopic (exact) mass is 309 g/mol. The highest BCUT2D eigenvalue weighted by Gasteiger charge is 2.43. The number of rotatable bonds is 4. The van der Waals surface area contributed by atoms with Crippen LogP contribution in [0.25, 0.3) is 0 Å². The minimum absolute atomic E-state index is 0.0888. The third-order valence-electron chi connectivity index (χ3n) is 4.59. The summed E-state index contributed by atoms with van der Waals surface area (Å²) in [5.74, 6) is 0.817. The first-order chi connectivity index (χ1) is 10.1. The molecule has 1 aromatic rings. The molecule has 116 valence electrons. The summed E-state index contributed by atoms with van der Waals surface area (Å²) in [5, 5.41) is 0.683. The molecule has 0 bridgehead atoms. The lowest BCUT2D eigenvalue weighted by molar-refractivity contribution is -0.153. The third kappa shape index (κ3) is 3.36. The number of nitrogens with two attached hydrogens (primary N) is 1. The molecule has 1 spiro atoms. The minimum atomic E-state index is 0.0888. The number of hydrogen-bond acceptors (Lipinski definition) is 3. The molecule has 2 unspecified atom stereocenters. The maximum Gasteiger partial charge on any atom is 0.141 e. The zero-order valence-corrected chi connectivity index (χ0v) is 13.4. The van der Waals surface area contributed by atoms with Gasteiger partial charge >= 0.3 is 0 Å². The third-order valence-corrected chi connectivity index (χ3v) is 4.89. The second-order valence-electron chi connectivity index (χ2n) is 6.53. The van der Waals surface area contributed by atoms with Crippen LogP contribution >= 0.6 is 11.6 Å². The fraction of sp³-hybridized carbons (Fsp3) is 0.647. The SMILES string of the molecule is CC(N)Cc1cccc(Cl)c1OC1CCOC2(CCC2)C1. The van der Waals surface area contributed by atoms with Gasteiger partial charge in [-0.05, 0) is 44.2 Å². The first-order valence-corrected chi connectivity index (χ1v) is 8.29. The Morgan fingerprint density at radius 3 is 2.95 bits per heavy atom. The molecule has 2 fully saturated rings. The topological polar surface area (TPSA) is 44.5 Å². The summed E-state index contributed by atoms with van der Waals surface area (Å²) in [5.41, 5.74) is 7.12. The molecule has 3 rings (SSSR count). The lowest BCUT2D eigenvalue weighted by Crippen LogP contribution is -2.48. The average molecular weight is 310 g/mol. The molecule has 1 heterocycles. The van der Waals surface area contributed by atoms with E-state index in [4.69, 9.17) is 26.8 Å². The number of ether oxygens (including phenoxy) is 2. The van der Waals surface area contributed by atoms with Gasteiger partial charge < -0.3 is 15.2 Å². The molecule has 0 aromatic heterocycles. The van der Waals surface area contributed by atoms with Crippen molar-refractivity contribution in [3.05, 3.63) is 28.8 Å². The van der Waals surface area contributed by atoms with Crippen LogP contribution in [0.4, 0.5) is 0 Å². The van der Waals surface area contributed by atoms with Gasteiger partial charge in [0.05, 0.1) is 17.2 Å². The molecule has 1 saturated carbocycles. The van der Waals surface area contributed by atoms with Crippen LogP contribution in [0.2, 0.25) is 5.02 Å². The zero-order chi connectivity index (χ0) is 14.9. The molecule has 2 N–H and O–H groups in total. The molecule has 1 aliphatic heterocycles. The first kappa shape index (κ1) is 15.1. The summed E-state index contributed by atoms with van der Waals surface area (Å²) in [4.78, 5) is 0. The molecule has 4 heteroatoms. The molecule has 0 amide bonds. The molecular weight excluding hydrogens is 286 g/mol. The number of halogens is 1. The van der Waals surface area contributed by atoms with E-state index in [1.54, 1.807) is 0 Å². The zero-order valence-electron chi connectivity index (χ0n) is 12.6. The van der Waals surface area contributed by atoms with Crippen molar-refractivity contribution in [2.75, 3.05) is 6.61 Å². The van der Waals surface area contributed by atoms with Crippen LogP contribution in [0.5, 0.6) is 5.75 Å². The fourth-order valence-corrected chi connectivity index (χ4v) is 3.60. The van der Waals surface area contributed by atoms with Crippen molar-refractivity contribution in [2.24, 2.45) is 5.73 Å². The summed E-state index contributed by atoms with van der Waals surface area (Å²) in [6.07, 6.45) is 6.51. The van der Waals surface area contributed by atoms with Crippen LogP contribution < -0.4 is 10.5 Å². The van der Waals surface area contributed by atoms with Gasteiger partial charge in [-0.2, -0.15) is 0 Å². The molecule has 1 saturated heterocycles. The van der Waals surface area contributed by atoms with E-state index in [-0.39, 0.29) is 17.7 Å². The van der Waals surface area contributed by atoms with Crippen molar-refractivity contribution in [3.63, 3.8) is 0 Å². The maximum absolute atomic E-state index is 6.35. The van der Waals surface area contributed by atoms with Gasteiger partial charge in [0, 0.05) is 18.9 Å². The van der Waals surface area contributed by atoms with Crippen molar-refractivity contribution in [3.8, 4) is 5.75 Å². The van der Waals surface area contributed by atoms with E-state index in [2.05, 4.69) is 6.07 Å². The van der Waals surface area contributed by atoms with E-state index in [0.717, 1.165) is 37.2 Å². The van der Waals surface area contributed by atoms with E-state index in [9.17, 15) is 0 Å². The van der Waals surface area contributed by atoms with Gasteiger partial charge in [0.2, 0.25) is 0 Å². The van der Waals surface area contributed by atoms with Gasteiger partial charge in [-0.25, -0.2) is 0 Å². The first-order valence-electron chi connectivity index (χ1n) is 7.92. The van der Waals surface area contributed by atoms with Crippen LogP contribution in [0.3, 0.4) is 0 Å². The van der Waals surface area contributed by atoms with E-state index in [1.807, 2.05) is 19.1 Å². The van der Waals surface area contributed by atoms with Crippen molar-refractivity contribution in [1.29, 1.82) is 0 Å². The quantitative estimate of drug-likeness (QED) is 0.922. The highest BCUT2D eigenvalue weighted by molar-refractivity contribution is 6.32. The Balaban J connectivity index is 1.74. The van der Waals surface area contributed by atoms with Crippen LogP contribution in [-0.2, 0) is 11.2 Å². The van der Waals surface area contributed by atoms with Crippen LogP contribution in [0.15, 0.2) is 18.2 Å². The van der Waals surface area contributed by atoms with Crippen molar-refractivity contribution >= 4 is 11.6 Å². The lowest BCUT2D eigenvalue weighted by atomic mass is 9.74. The van der Waals surface area contributed by atoms with Gasteiger partial charge in [0.25, 0.3) is 0 Å². The maximum atomic E-state index is 6.35. The van der Waals surface area contributed by atoms with Gasteiger partial charge in [0.15, 0.2) is 0 Å². The second-order valence-corrected chi connectivity index (χ2v) is 6.93. The Labute approximate surface area is 131 Å². The molecule has 1 aliphatic carbocycles. The summed E-state index contributed by atoms with van der Waals surface area (Å²) >= 11 is 6.35. The fourth-order valence-electron chi connectivity index (χ4n) is 3.36. The van der Waals surface area contributed by atoms with Crippen molar-refractivity contribution < 1.29 is 9.47 Å². The average Bonchev–Trinajstić information content (AvgIpc) is 2.41. The van der Waals surface area contributed by atoms with Crippen molar-refractivity contribution in [1.82, 2.24) is 0 Å². The highest BCUT2D eigenvalue weighted by Crippen LogP contribution is 2.43.